The number of nitrogens with one attached hydrogen (secondary N) is 1. The molecule has 1 aromatic heterocycles. The maximum atomic E-state index is 4.16. The highest BCUT2D eigenvalue weighted by molar-refractivity contribution is 5.70. The van der Waals surface area contributed by atoms with Crippen LogP contribution in [-0.2, 0) is 5.41 Å². The van der Waals surface area contributed by atoms with Crippen LogP contribution in [0.15, 0.2) is 30.6 Å². The van der Waals surface area contributed by atoms with Crippen LogP contribution in [0.4, 0.5) is 5.82 Å². The maximum absolute atomic E-state index is 4.16. The molecule has 1 heterocycles. The van der Waals surface area contributed by atoms with Crippen molar-refractivity contribution in [2.24, 2.45) is 0 Å². The summed E-state index contributed by atoms with van der Waals surface area (Å²) in [7, 11) is 1.83. The van der Waals surface area contributed by atoms with Gasteiger partial charge in [-0.15, -0.1) is 10.2 Å². The third-order valence-electron chi connectivity index (χ3n) is 2.88. The Morgan fingerprint density at radius 2 is 1.72 bits per heavy atom. The molecule has 4 heteroatoms. The van der Waals surface area contributed by atoms with Gasteiger partial charge in [-0.3, -0.25) is 0 Å². The van der Waals surface area contributed by atoms with Crippen LogP contribution in [0.2, 0.25) is 0 Å². The van der Waals surface area contributed by atoms with Crippen molar-refractivity contribution < 1.29 is 0 Å². The van der Waals surface area contributed by atoms with Gasteiger partial charge in [0.15, 0.2) is 5.82 Å². The van der Waals surface area contributed by atoms with Crippen LogP contribution in [0.1, 0.15) is 26.3 Å². The number of hydrogen-bond donors (Lipinski definition) is 1. The van der Waals surface area contributed by atoms with Crippen LogP contribution < -0.4 is 5.32 Å². The first-order valence-electron chi connectivity index (χ1n) is 5.98. The van der Waals surface area contributed by atoms with Crippen LogP contribution in [0.25, 0.3) is 11.3 Å². The first-order valence-corrected chi connectivity index (χ1v) is 5.98. The predicted molar refractivity (Wildman–Crippen MR) is 73.5 cm³/mol. The fourth-order valence-corrected chi connectivity index (χ4v) is 1.78. The van der Waals surface area contributed by atoms with Crippen molar-refractivity contribution >= 4 is 5.82 Å². The number of hydrogen-bond acceptors (Lipinski definition) is 4. The van der Waals surface area contributed by atoms with Gasteiger partial charge in [-0.05, 0) is 11.0 Å². The second-order valence-electron chi connectivity index (χ2n) is 5.23. The minimum absolute atomic E-state index is 0.158. The molecule has 0 fully saturated rings. The van der Waals surface area contributed by atoms with Gasteiger partial charge in [0.1, 0.15) is 12.0 Å². The lowest BCUT2D eigenvalue weighted by Crippen LogP contribution is -2.10. The van der Waals surface area contributed by atoms with E-state index in [2.05, 4.69) is 65.5 Å². The number of rotatable bonds is 2. The zero-order chi connectivity index (χ0) is 13.2. The molecule has 0 atom stereocenters. The fourth-order valence-electron chi connectivity index (χ4n) is 1.78. The minimum Gasteiger partial charge on any atom is -0.371 e. The summed E-state index contributed by atoms with van der Waals surface area (Å²) >= 11 is 0. The lowest BCUT2D eigenvalue weighted by atomic mass is 9.86. The Labute approximate surface area is 107 Å². The van der Waals surface area contributed by atoms with Gasteiger partial charge in [0, 0.05) is 12.6 Å². The second kappa shape index (κ2) is 4.72. The topological polar surface area (TPSA) is 50.7 Å². The molecular weight excluding hydrogens is 224 g/mol. The van der Waals surface area contributed by atoms with Crippen molar-refractivity contribution in [2.75, 3.05) is 12.4 Å². The third kappa shape index (κ3) is 2.47. The van der Waals surface area contributed by atoms with Crippen molar-refractivity contribution in [3.8, 4) is 11.3 Å². The summed E-state index contributed by atoms with van der Waals surface area (Å²) < 4.78 is 0. The molecule has 94 valence electrons. The Hall–Kier alpha value is -1.97. The number of benzene rings is 1. The van der Waals surface area contributed by atoms with Gasteiger partial charge in [0.25, 0.3) is 0 Å². The molecule has 2 rings (SSSR count). The van der Waals surface area contributed by atoms with Crippen molar-refractivity contribution in [3.05, 3.63) is 36.2 Å². The molecule has 0 aliphatic carbocycles. The largest absolute Gasteiger partial charge is 0.371 e. The molecule has 0 radical (unpaired) electrons. The van der Waals surface area contributed by atoms with Gasteiger partial charge in [-0.25, -0.2) is 4.98 Å². The Morgan fingerprint density at radius 1 is 1.06 bits per heavy atom. The maximum Gasteiger partial charge on any atom is 0.156 e. The van der Waals surface area contributed by atoms with Crippen molar-refractivity contribution in [2.45, 2.75) is 26.2 Å². The van der Waals surface area contributed by atoms with E-state index < -0.39 is 0 Å². The molecule has 0 bridgehead atoms. The summed E-state index contributed by atoms with van der Waals surface area (Å²) in [6.45, 7) is 6.60. The second-order valence-corrected chi connectivity index (χ2v) is 5.23. The Bertz CT molecular complexity index is 526. The highest BCUT2D eigenvalue weighted by Gasteiger charge is 2.14. The molecule has 0 aliphatic heterocycles. The first kappa shape index (κ1) is 12.5. The van der Waals surface area contributed by atoms with Crippen LogP contribution >= 0.6 is 0 Å². The fraction of sp³-hybridized carbons (Fsp3) is 0.357. The van der Waals surface area contributed by atoms with E-state index in [-0.39, 0.29) is 5.41 Å². The van der Waals surface area contributed by atoms with Crippen molar-refractivity contribution in [1.82, 2.24) is 15.2 Å². The molecule has 2 aromatic rings. The molecule has 0 amide bonds. The highest BCUT2D eigenvalue weighted by atomic mass is 15.2. The molecule has 0 spiro atoms. The summed E-state index contributed by atoms with van der Waals surface area (Å²) in [6, 6.07) is 8.38. The number of nitrogens with zero attached hydrogens (tertiary/aromatic N) is 3. The molecule has 0 saturated carbocycles. The summed E-state index contributed by atoms with van der Waals surface area (Å²) in [5.74, 6) is 0.744. The lowest BCUT2D eigenvalue weighted by Gasteiger charge is -2.19. The third-order valence-corrected chi connectivity index (χ3v) is 2.88. The van der Waals surface area contributed by atoms with Gasteiger partial charge in [-0.1, -0.05) is 45.0 Å². The van der Waals surface area contributed by atoms with Crippen LogP contribution in [0.3, 0.4) is 0 Å². The Morgan fingerprint density at radius 3 is 2.28 bits per heavy atom. The smallest absolute Gasteiger partial charge is 0.156 e. The van der Waals surface area contributed by atoms with E-state index >= 15 is 0 Å². The summed E-state index contributed by atoms with van der Waals surface area (Å²) in [5.41, 5.74) is 3.26. The van der Waals surface area contributed by atoms with Gasteiger partial charge < -0.3 is 5.32 Å². The summed E-state index contributed by atoms with van der Waals surface area (Å²) in [4.78, 5) is 4.16. The van der Waals surface area contributed by atoms with Gasteiger partial charge in [0.2, 0.25) is 0 Å². The lowest BCUT2D eigenvalue weighted by molar-refractivity contribution is 0.590. The van der Waals surface area contributed by atoms with E-state index in [1.807, 2.05) is 7.05 Å². The normalized spacial score (nSPS) is 11.3. The van der Waals surface area contributed by atoms with E-state index in [0.717, 1.165) is 17.1 Å². The van der Waals surface area contributed by atoms with Gasteiger partial charge in [0.05, 0.1) is 0 Å². The molecule has 0 unspecified atom stereocenters. The monoisotopic (exact) mass is 242 g/mol. The van der Waals surface area contributed by atoms with Crippen molar-refractivity contribution in [1.29, 1.82) is 0 Å². The molecule has 0 aliphatic rings. The quantitative estimate of drug-likeness (QED) is 0.879. The van der Waals surface area contributed by atoms with E-state index in [1.54, 1.807) is 0 Å². The van der Waals surface area contributed by atoms with E-state index in [4.69, 9.17) is 0 Å². The van der Waals surface area contributed by atoms with Crippen LogP contribution in [-0.4, -0.2) is 22.2 Å². The first-order chi connectivity index (χ1) is 8.52. The zero-order valence-corrected chi connectivity index (χ0v) is 11.2. The standard InChI is InChI=1S/C14H18N4/c1-14(2,3)11-7-5-10(6-8-11)12-13(15-4)16-9-17-18-12/h5-9H,1-4H3,(H,15,16,17). The molecule has 4 nitrogen and oxygen atoms in total. The predicted octanol–water partition coefficient (Wildman–Crippen LogP) is 2.88. The highest BCUT2D eigenvalue weighted by Crippen LogP contribution is 2.27. The molecular formula is C14H18N4. The van der Waals surface area contributed by atoms with Gasteiger partial charge in [-0.2, -0.15) is 0 Å². The minimum atomic E-state index is 0.158. The zero-order valence-electron chi connectivity index (χ0n) is 11.2. The van der Waals surface area contributed by atoms with Crippen LogP contribution in [0.5, 0.6) is 0 Å². The van der Waals surface area contributed by atoms with Crippen molar-refractivity contribution in [3.63, 3.8) is 0 Å². The Kier molecular flexibility index (Phi) is 3.28. The SMILES string of the molecule is CNc1ncnnc1-c1ccc(C(C)(C)C)cc1. The average molecular weight is 242 g/mol. The molecule has 18 heavy (non-hydrogen) atoms. The van der Waals surface area contributed by atoms with Gasteiger partial charge >= 0.3 is 0 Å². The summed E-state index contributed by atoms with van der Waals surface area (Å²) in [6.07, 6.45) is 1.44. The van der Waals surface area contributed by atoms with E-state index in [0.29, 0.717) is 0 Å². The number of aromatic nitrogens is 3. The van der Waals surface area contributed by atoms with E-state index in [1.165, 1.54) is 11.9 Å². The average Bonchev–Trinajstić information content (AvgIpc) is 2.38. The molecule has 1 aromatic carbocycles. The Balaban J connectivity index is 2.41. The molecule has 1 N–H and O–H groups in total. The summed E-state index contributed by atoms with van der Waals surface area (Å²) in [5, 5.41) is 11.0. The van der Waals surface area contributed by atoms with E-state index in [9.17, 15) is 0 Å². The molecule has 0 saturated heterocycles. The number of anilines is 1. The van der Waals surface area contributed by atoms with Crippen LogP contribution in [0, 0.1) is 0 Å².